The molecule has 1 aromatic carbocycles. The molecule has 2 aromatic rings. The Balaban J connectivity index is 1.80. The Hall–Kier alpha value is -1.16. The molecule has 1 saturated carbocycles. The van der Waals surface area contributed by atoms with E-state index in [1.54, 1.807) is 11.3 Å². The molecular formula is C15H19FN2S. The minimum atomic E-state index is -0.214. The van der Waals surface area contributed by atoms with E-state index in [-0.39, 0.29) is 5.82 Å². The molecule has 4 heteroatoms. The molecule has 1 aliphatic carbocycles. The van der Waals surface area contributed by atoms with Gasteiger partial charge >= 0.3 is 0 Å². The summed E-state index contributed by atoms with van der Waals surface area (Å²) in [6.07, 6.45) is 6.41. The largest absolute Gasteiger partial charge is 0.358 e. The van der Waals surface area contributed by atoms with Gasteiger partial charge in [-0.05, 0) is 30.9 Å². The van der Waals surface area contributed by atoms with E-state index >= 15 is 0 Å². The van der Waals surface area contributed by atoms with Gasteiger partial charge in [0.15, 0.2) is 5.13 Å². The third kappa shape index (κ3) is 2.73. The van der Waals surface area contributed by atoms with Gasteiger partial charge in [-0.1, -0.05) is 37.5 Å². The topological polar surface area (TPSA) is 24.9 Å². The standard InChI is InChI=1S/C15H19FN2S/c1-2-10-5-3-4-6-12(10)17-15-18-13-9-11(16)7-8-14(13)19-15/h7-10,12H,2-6H2,1H3,(H,17,18). The van der Waals surface area contributed by atoms with Gasteiger partial charge in [0.2, 0.25) is 0 Å². The number of fused-ring (bicyclic) bond motifs is 1. The van der Waals surface area contributed by atoms with Crippen LogP contribution < -0.4 is 5.32 Å². The SMILES string of the molecule is CCC1CCCCC1Nc1nc2cc(F)ccc2s1. The first-order chi connectivity index (χ1) is 9.26. The highest BCUT2D eigenvalue weighted by Crippen LogP contribution is 2.32. The number of hydrogen-bond donors (Lipinski definition) is 1. The van der Waals surface area contributed by atoms with E-state index in [2.05, 4.69) is 17.2 Å². The maximum Gasteiger partial charge on any atom is 0.184 e. The van der Waals surface area contributed by atoms with Crippen LogP contribution in [0, 0.1) is 11.7 Å². The van der Waals surface area contributed by atoms with Crippen molar-refractivity contribution in [1.29, 1.82) is 0 Å². The maximum atomic E-state index is 13.2. The monoisotopic (exact) mass is 278 g/mol. The zero-order valence-corrected chi connectivity index (χ0v) is 12.0. The number of halogens is 1. The molecular weight excluding hydrogens is 259 g/mol. The number of hydrogen-bond acceptors (Lipinski definition) is 3. The smallest absolute Gasteiger partial charge is 0.184 e. The predicted octanol–water partition coefficient (Wildman–Crippen LogP) is 4.82. The molecule has 0 saturated heterocycles. The van der Waals surface area contributed by atoms with Crippen molar-refractivity contribution in [3.8, 4) is 0 Å². The Kier molecular flexibility index (Phi) is 3.69. The number of nitrogens with one attached hydrogen (secondary N) is 1. The van der Waals surface area contributed by atoms with Crippen molar-refractivity contribution < 1.29 is 4.39 Å². The first-order valence-corrected chi connectivity index (χ1v) is 7.90. The maximum absolute atomic E-state index is 13.2. The summed E-state index contributed by atoms with van der Waals surface area (Å²) >= 11 is 1.62. The fraction of sp³-hybridized carbons (Fsp3) is 0.533. The van der Waals surface area contributed by atoms with Crippen LogP contribution in [0.15, 0.2) is 18.2 Å². The zero-order valence-electron chi connectivity index (χ0n) is 11.2. The lowest BCUT2D eigenvalue weighted by Crippen LogP contribution is -2.31. The molecule has 2 nitrogen and oxygen atoms in total. The highest BCUT2D eigenvalue weighted by molar-refractivity contribution is 7.22. The van der Waals surface area contributed by atoms with Crippen molar-refractivity contribution in [3.63, 3.8) is 0 Å². The second-order valence-electron chi connectivity index (χ2n) is 5.33. The number of thiazole rings is 1. The number of anilines is 1. The third-order valence-electron chi connectivity index (χ3n) is 4.09. The highest BCUT2D eigenvalue weighted by Gasteiger charge is 2.24. The van der Waals surface area contributed by atoms with Gasteiger partial charge in [0, 0.05) is 12.1 Å². The Labute approximate surface area is 117 Å². The Morgan fingerprint density at radius 2 is 2.21 bits per heavy atom. The quantitative estimate of drug-likeness (QED) is 0.871. The van der Waals surface area contributed by atoms with Gasteiger partial charge in [-0.15, -0.1) is 0 Å². The van der Waals surface area contributed by atoms with Gasteiger partial charge in [0.25, 0.3) is 0 Å². The summed E-state index contributed by atoms with van der Waals surface area (Å²) in [6, 6.07) is 5.35. The molecule has 0 spiro atoms. The average molecular weight is 278 g/mol. The molecule has 1 N–H and O–H groups in total. The van der Waals surface area contributed by atoms with E-state index in [0.29, 0.717) is 6.04 Å². The minimum Gasteiger partial charge on any atom is -0.358 e. The van der Waals surface area contributed by atoms with Crippen LogP contribution in [-0.2, 0) is 0 Å². The van der Waals surface area contributed by atoms with Crippen molar-refractivity contribution in [2.45, 2.75) is 45.1 Å². The second kappa shape index (κ2) is 5.45. The molecule has 0 amide bonds. The van der Waals surface area contributed by atoms with Gasteiger partial charge < -0.3 is 5.32 Å². The van der Waals surface area contributed by atoms with Crippen LogP contribution in [-0.4, -0.2) is 11.0 Å². The lowest BCUT2D eigenvalue weighted by atomic mass is 9.83. The second-order valence-corrected chi connectivity index (χ2v) is 6.37. The van der Waals surface area contributed by atoms with Crippen molar-refractivity contribution >= 4 is 26.7 Å². The lowest BCUT2D eigenvalue weighted by molar-refractivity contribution is 0.317. The van der Waals surface area contributed by atoms with Gasteiger partial charge in [-0.2, -0.15) is 0 Å². The van der Waals surface area contributed by atoms with E-state index in [9.17, 15) is 4.39 Å². The fourth-order valence-corrected chi connectivity index (χ4v) is 3.92. The first-order valence-electron chi connectivity index (χ1n) is 7.09. The fourth-order valence-electron chi connectivity index (χ4n) is 3.01. The van der Waals surface area contributed by atoms with Crippen LogP contribution in [0.25, 0.3) is 10.2 Å². The summed E-state index contributed by atoms with van der Waals surface area (Å²) in [5, 5.41) is 4.51. The summed E-state index contributed by atoms with van der Waals surface area (Å²) in [6.45, 7) is 2.26. The predicted molar refractivity (Wildman–Crippen MR) is 79.2 cm³/mol. The molecule has 1 heterocycles. The molecule has 3 rings (SSSR count). The van der Waals surface area contributed by atoms with E-state index in [0.717, 1.165) is 21.3 Å². The van der Waals surface area contributed by atoms with Crippen LogP contribution in [0.2, 0.25) is 0 Å². The molecule has 1 aromatic heterocycles. The van der Waals surface area contributed by atoms with E-state index < -0.39 is 0 Å². The van der Waals surface area contributed by atoms with Crippen molar-refractivity contribution in [2.75, 3.05) is 5.32 Å². The van der Waals surface area contributed by atoms with E-state index in [4.69, 9.17) is 0 Å². The van der Waals surface area contributed by atoms with Crippen molar-refractivity contribution in [2.24, 2.45) is 5.92 Å². The number of rotatable bonds is 3. The summed E-state index contributed by atoms with van der Waals surface area (Å²) in [5.74, 6) is 0.533. The molecule has 0 aliphatic heterocycles. The van der Waals surface area contributed by atoms with Crippen molar-refractivity contribution in [3.05, 3.63) is 24.0 Å². The van der Waals surface area contributed by atoms with Crippen LogP contribution in [0.1, 0.15) is 39.0 Å². The molecule has 2 unspecified atom stereocenters. The normalized spacial score (nSPS) is 23.7. The van der Waals surface area contributed by atoms with Gasteiger partial charge in [-0.3, -0.25) is 0 Å². The Morgan fingerprint density at radius 3 is 3.05 bits per heavy atom. The molecule has 102 valence electrons. The van der Waals surface area contributed by atoms with Crippen molar-refractivity contribution in [1.82, 2.24) is 4.98 Å². The highest BCUT2D eigenvalue weighted by atomic mass is 32.1. The number of benzene rings is 1. The summed E-state index contributed by atoms with van der Waals surface area (Å²) in [4.78, 5) is 4.50. The molecule has 1 aliphatic rings. The molecule has 0 radical (unpaired) electrons. The van der Waals surface area contributed by atoms with E-state index in [1.807, 2.05) is 6.07 Å². The molecule has 19 heavy (non-hydrogen) atoms. The Bertz CT molecular complexity index is 566. The average Bonchev–Trinajstić information content (AvgIpc) is 2.80. The molecule has 2 atom stereocenters. The molecule has 1 fully saturated rings. The van der Waals surface area contributed by atoms with Crippen LogP contribution in [0.4, 0.5) is 9.52 Å². The summed E-state index contributed by atoms with van der Waals surface area (Å²) in [7, 11) is 0. The third-order valence-corrected chi connectivity index (χ3v) is 5.06. The van der Waals surface area contributed by atoms with Gasteiger partial charge in [0.05, 0.1) is 10.2 Å². The summed E-state index contributed by atoms with van der Waals surface area (Å²) < 4.78 is 14.2. The lowest BCUT2D eigenvalue weighted by Gasteiger charge is -2.31. The number of nitrogens with zero attached hydrogens (tertiary/aromatic N) is 1. The number of aromatic nitrogens is 1. The zero-order chi connectivity index (χ0) is 13.2. The summed E-state index contributed by atoms with van der Waals surface area (Å²) in [5.41, 5.74) is 0.761. The van der Waals surface area contributed by atoms with Gasteiger partial charge in [-0.25, -0.2) is 9.37 Å². The van der Waals surface area contributed by atoms with Crippen LogP contribution in [0.3, 0.4) is 0 Å². The van der Waals surface area contributed by atoms with E-state index in [1.165, 1.54) is 44.2 Å². The first kappa shape index (κ1) is 12.9. The minimum absolute atomic E-state index is 0.214. The van der Waals surface area contributed by atoms with Gasteiger partial charge in [0.1, 0.15) is 5.82 Å². The Morgan fingerprint density at radius 1 is 1.37 bits per heavy atom. The van der Waals surface area contributed by atoms with Crippen LogP contribution >= 0.6 is 11.3 Å². The van der Waals surface area contributed by atoms with Crippen LogP contribution in [0.5, 0.6) is 0 Å². The molecule has 0 bridgehead atoms.